The Morgan fingerprint density at radius 2 is 0.616 bits per heavy atom. The zero-order valence-corrected chi connectivity index (χ0v) is 54.8. The summed E-state index contributed by atoms with van der Waals surface area (Å²) in [7, 11) is 0. The monoisotopic (exact) mass is 1570 g/mol. The van der Waals surface area contributed by atoms with Crippen LogP contribution in [0.3, 0.4) is 0 Å². The lowest BCUT2D eigenvalue weighted by atomic mass is 9.91. The molecule has 0 aromatic heterocycles. The lowest BCUT2D eigenvalue weighted by molar-refractivity contribution is -0.284. The predicted octanol–water partition coefficient (Wildman–Crippen LogP) is 1.75. The maximum Gasteiger partial charge on any atom is 0.342 e. The van der Waals surface area contributed by atoms with Crippen molar-refractivity contribution in [2.45, 2.75) is 61.4 Å². The van der Waals surface area contributed by atoms with Crippen LogP contribution in [0, 0.1) is 0 Å². The van der Waals surface area contributed by atoms with Crippen LogP contribution in [0.4, 0.5) is 0 Å². The first kappa shape index (κ1) is 74.8. The standard InChI is InChI=1S/C68H48O44/c69-20-1-12(2-21(70)37(20)77)59(92)109-55-53-29(10-102-60(93)13-3-22(71)38(78)45(85)31(13)32-14(62(95)107-53)4-23(72)39(79)46(32)86)105-67(100)57(55)112-66(99)19-8-27(76)43(83)51(91)52(19)104-28-9-18-36(50(90)44(28)84)35-15(5-24(73)42(82)49(35)89)63(96)108-54-30(11-103-61(18)94)106-68(101)58-56(54)110-64(97)16-6-25(74)40(80)47(87)33(16)34-17(65(98)111-58)7-26(75)41(81)48(34)88/h1-9,29-30,53-58,67-91,100-101H,10-11H2/t29-,30-,53-,54-,55+,56+,57-,58-,67-,68-/m1/s1. The van der Waals surface area contributed by atoms with Crippen molar-refractivity contribution in [2.75, 3.05) is 13.2 Å². The molecule has 8 aromatic rings. The number of fused-ring (bicyclic) bond motifs is 13. The molecular weight excluding hydrogens is 1520 g/mol. The second-order valence-electron chi connectivity index (χ2n) is 24.6. The van der Waals surface area contributed by atoms with Crippen LogP contribution in [-0.2, 0) is 47.4 Å². The number of cyclic esters (lactones) is 2. The Bertz CT molecular complexity index is 5480. The Morgan fingerprint density at radius 1 is 0.304 bits per heavy atom. The van der Waals surface area contributed by atoms with Gasteiger partial charge in [0.1, 0.15) is 31.0 Å². The van der Waals surface area contributed by atoms with E-state index in [2.05, 4.69) is 0 Å². The Balaban J connectivity index is 0.892. The number of esters is 8. The highest BCUT2D eigenvalue weighted by atomic mass is 16.7. The second kappa shape index (κ2) is 27.1. The Hall–Kier alpha value is -15.4. The van der Waals surface area contributed by atoms with Crippen LogP contribution < -0.4 is 4.74 Å². The number of aliphatic hydroxyl groups excluding tert-OH is 2. The predicted molar refractivity (Wildman–Crippen MR) is 344 cm³/mol. The van der Waals surface area contributed by atoms with Gasteiger partial charge < -0.3 is 180 Å². The number of hydrogen-bond acceptors (Lipinski definition) is 44. The third kappa shape index (κ3) is 12.0. The Labute approximate surface area is 614 Å². The first-order valence-corrected chi connectivity index (χ1v) is 31.2. The summed E-state index contributed by atoms with van der Waals surface area (Å²) in [5.41, 5.74) is -17.0. The minimum atomic E-state index is -2.87. The highest BCUT2D eigenvalue weighted by Crippen LogP contribution is 2.59. The van der Waals surface area contributed by atoms with Crippen LogP contribution in [0.25, 0.3) is 33.4 Å². The smallest absolute Gasteiger partial charge is 0.342 e. The van der Waals surface area contributed by atoms with Crippen molar-refractivity contribution in [2.24, 2.45) is 0 Å². The quantitative estimate of drug-likeness (QED) is 0.0640. The lowest BCUT2D eigenvalue weighted by Crippen LogP contribution is -2.62. The molecule has 44 heteroatoms. The van der Waals surface area contributed by atoms with Crippen LogP contribution in [0.2, 0.25) is 0 Å². The number of phenols is 23. The lowest BCUT2D eigenvalue weighted by Gasteiger charge is -2.43. The summed E-state index contributed by atoms with van der Waals surface area (Å²) in [6.45, 7) is -2.81. The first-order chi connectivity index (χ1) is 52.7. The molecule has 0 aliphatic carbocycles. The molecule has 0 unspecified atom stereocenters. The van der Waals surface area contributed by atoms with Gasteiger partial charge in [-0.1, -0.05) is 0 Å². The minimum Gasteiger partial charge on any atom is -0.504 e. The van der Waals surface area contributed by atoms with Gasteiger partial charge in [-0.15, -0.1) is 0 Å². The summed E-state index contributed by atoms with van der Waals surface area (Å²) >= 11 is 0. The number of carbonyl (C=O) groups is 8. The molecule has 44 nitrogen and oxygen atoms in total. The molecule has 0 amide bonds. The van der Waals surface area contributed by atoms with Crippen molar-refractivity contribution in [3.63, 3.8) is 0 Å². The molecule has 0 radical (unpaired) electrons. The molecule has 8 aromatic carbocycles. The zero-order valence-electron chi connectivity index (χ0n) is 54.8. The molecule has 25 N–H and O–H groups in total. The van der Waals surface area contributed by atoms with Crippen LogP contribution >= 0.6 is 0 Å². The molecule has 2 saturated heterocycles. The summed E-state index contributed by atoms with van der Waals surface area (Å²) < 4.78 is 61.2. The third-order valence-electron chi connectivity index (χ3n) is 18.0. The number of carbonyl (C=O) groups excluding carboxylic acids is 8. The Morgan fingerprint density at radius 3 is 1.04 bits per heavy atom. The first-order valence-electron chi connectivity index (χ1n) is 31.2. The van der Waals surface area contributed by atoms with E-state index in [1.165, 1.54) is 0 Å². The molecule has 10 atom stereocenters. The van der Waals surface area contributed by atoms with Gasteiger partial charge in [-0.05, 0) is 42.5 Å². The highest BCUT2D eigenvalue weighted by molar-refractivity contribution is 6.12. The SMILES string of the molecule is O=C(O[C@@H]1[C@@H](OC(=O)c2cc(O)c(O)c(O)c2Oc2cc3c(c(O)c2O)-c2c(cc(O)c(O)c2O)C(=O)O[C@H]2[C@@H]4OC(=O)c5cc(O)c(O)c(O)c5-c5c(cc(O)c(O)c5O)C(=O)O[C@H]4[C@H](O)O[C@@H]2COC3=O)[C@H](O)O[C@@H]2COC(=O)c3cc(O)c(O)c(O)c3-c3c(cc(O)c(O)c3O)C(=O)O[C@@H]12)c1cc(O)c(O)c(O)c1. The fraction of sp³-hybridized carbons (Fsp3) is 0.176. The van der Waals surface area contributed by atoms with Gasteiger partial charge in [0.25, 0.3) is 0 Å². The third-order valence-corrected chi connectivity index (χ3v) is 18.0. The maximum atomic E-state index is 15.0. The summed E-state index contributed by atoms with van der Waals surface area (Å²) in [4.78, 5) is 116. The summed E-state index contributed by atoms with van der Waals surface area (Å²) in [6.07, 6.45) is -26.0. The number of phenolic OH excluding ortho intramolecular Hbond substituents is 23. The highest BCUT2D eigenvalue weighted by Gasteiger charge is 2.57. The molecule has 0 bridgehead atoms. The van der Waals surface area contributed by atoms with E-state index in [1.54, 1.807) is 0 Å². The van der Waals surface area contributed by atoms with E-state index in [0.717, 1.165) is 0 Å². The number of ether oxygens (including phenoxy) is 11. The molecular formula is C68H48O44. The average Bonchev–Trinajstić information content (AvgIpc) is 0.901. The maximum absolute atomic E-state index is 15.0. The van der Waals surface area contributed by atoms with E-state index in [4.69, 9.17) is 52.1 Å². The molecule has 2 fully saturated rings. The van der Waals surface area contributed by atoms with E-state index >= 15 is 0 Å². The number of benzene rings is 8. The van der Waals surface area contributed by atoms with Gasteiger partial charge in [-0.2, -0.15) is 0 Å². The van der Waals surface area contributed by atoms with Gasteiger partial charge in [0.2, 0.25) is 46.0 Å². The Kier molecular flexibility index (Phi) is 18.1. The summed E-state index contributed by atoms with van der Waals surface area (Å²) in [5.74, 6) is -52.5. The molecule has 5 heterocycles. The fourth-order valence-electron chi connectivity index (χ4n) is 12.6. The molecule has 584 valence electrons. The van der Waals surface area contributed by atoms with Gasteiger partial charge in [0.05, 0.1) is 38.9 Å². The van der Waals surface area contributed by atoms with Crippen molar-refractivity contribution in [1.29, 1.82) is 0 Å². The number of hydrogen-bond donors (Lipinski definition) is 25. The van der Waals surface area contributed by atoms with Gasteiger partial charge in [0.15, 0.2) is 147 Å². The topological polar surface area (TPSA) is 744 Å². The summed E-state index contributed by atoms with van der Waals surface area (Å²) in [6, 6.07) is 3.01. The van der Waals surface area contributed by atoms with Gasteiger partial charge in [0, 0.05) is 45.5 Å². The summed E-state index contributed by atoms with van der Waals surface area (Å²) in [5, 5.41) is 275. The number of aliphatic hydroxyl groups is 2. The minimum absolute atomic E-state index is 0.162. The largest absolute Gasteiger partial charge is 0.504 e. The van der Waals surface area contributed by atoms with Crippen molar-refractivity contribution in [3.8, 4) is 177 Å². The van der Waals surface area contributed by atoms with E-state index in [9.17, 15) is 166 Å². The van der Waals surface area contributed by atoms with Crippen LogP contribution in [-0.4, -0.2) is 250 Å². The van der Waals surface area contributed by atoms with Crippen LogP contribution in [0.1, 0.15) is 82.9 Å². The van der Waals surface area contributed by atoms with Gasteiger partial charge >= 0.3 is 47.8 Å². The van der Waals surface area contributed by atoms with E-state index in [1.807, 2.05) is 0 Å². The van der Waals surface area contributed by atoms with Crippen molar-refractivity contribution >= 4 is 47.8 Å². The molecule has 0 saturated carbocycles. The van der Waals surface area contributed by atoms with Crippen molar-refractivity contribution in [1.82, 2.24) is 0 Å². The molecule has 5 aliphatic heterocycles. The van der Waals surface area contributed by atoms with Crippen molar-refractivity contribution < 1.29 is 218 Å². The number of aromatic hydroxyl groups is 23. The molecule has 13 rings (SSSR count). The van der Waals surface area contributed by atoms with E-state index in [-0.39, 0.29) is 18.2 Å². The normalized spacial score (nSPS) is 21.3. The van der Waals surface area contributed by atoms with Crippen molar-refractivity contribution in [3.05, 3.63) is 99.1 Å². The van der Waals surface area contributed by atoms with Crippen LogP contribution in [0.5, 0.6) is 144 Å². The van der Waals surface area contributed by atoms with Crippen LogP contribution in [0.15, 0.2) is 54.6 Å². The second-order valence-corrected chi connectivity index (χ2v) is 24.6. The van der Waals surface area contributed by atoms with E-state index in [0.29, 0.717) is 36.4 Å². The van der Waals surface area contributed by atoms with E-state index < -0.39 is 344 Å². The van der Waals surface area contributed by atoms with Gasteiger partial charge in [-0.25, -0.2) is 38.4 Å². The molecule has 5 aliphatic rings. The fourth-order valence-corrected chi connectivity index (χ4v) is 12.6. The number of rotatable bonds is 6. The van der Waals surface area contributed by atoms with Gasteiger partial charge in [-0.3, -0.25) is 0 Å². The molecule has 0 spiro atoms. The zero-order chi connectivity index (χ0) is 81.5. The molecule has 112 heavy (non-hydrogen) atoms. The average molecular weight is 1570 g/mol.